The number of nitrogens with zero attached hydrogens (tertiary/aromatic N) is 1. The fraction of sp³-hybridized carbons (Fsp3) is 0.111. The molecule has 0 unspecified atom stereocenters. The van der Waals surface area contributed by atoms with Crippen molar-refractivity contribution in [2.24, 2.45) is 0 Å². The molecule has 3 rings (SSSR count). The first kappa shape index (κ1) is 14.8. The van der Waals surface area contributed by atoms with Crippen molar-refractivity contribution < 1.29 is 19.4 Å². The van der Waals surface area contributed by atoms with Crippen molar-refractivity contribution in [3.05, 3.63) is 65.9 Å². The van der Waals surface area contributed by atoms with Crippen LogP contribution >= 0.6 is 0 Å². The molecule has 5 nitrogen and oxygen atoms in total. The number of hydrogen-bond donors (Lipinski definition) is 1. The monoisotopic (exact) mass is 309 g/mol. The molecular weight excluding hydrogens is 294 g/mol. The van der Waals surface area contributed by atoms with Crippen molar-refractivity contribution in [2.75, 3.05) is 7.11 Å². The third-order valence-corrected chi connectivity index (χ3v) is 3.72. The minimum absolute atomic E-state index is 0.140. The summed E-state index contributed by atoms with van der Waals surface area (Å²) in [6, 6.07) is 15.1. The minimum atomic E-state index is -1.48. The van der Waals surface area contributed by atoms with Gasteiger partial charge in [-0.2, -0.15) is 0 Å². The highest BCUT2D eigenvalue weighted by Gasteiger charge is 2.23. The molecule has 116 valence electrons. The first-order valence-corrected chi connectivity index (χ1v) is 7.09. The smallest absolute Gasteiger partial charge is 0.377 e. The molecule has 5 heteroatoms. The van der Waals surface area contributed by atoms with Crippen LogP contribution in [0.3, 0.4) is 0 Å². The highest BCUT2D eigenvalue weighted by molar-refractivity contribution is 6.42. The fourth-order valence-corrected chi connectivity index (χ4v) is 2.69. The van der Waals surface area contributed by atoms with Crippen LogP contribution < -0.4 is 4.74 Å². The lowest BCUT2D eigenvalue weighted by atomic mass is 10.1. The largest absolute Gasteiger partial charge is 0.496 e. The van der Waals surface area contributed by atoms with Crippen molar-refractivity contribution >= 4 is 22.7 Å². The SMILES string of the molecule is COc1cccc2c1c(C(=O)C(=O)O)cn2Cc1ccccc1. The van der Waals surface area contributed by atoms with Gasteiger partial charge in [0.05, 0.1) is 23.6 Å². The Hall–Kier alpha value is -3.08. The number of hydrogen-bond acceptors (Lipinski definition) is 3. The molecule has 0 aliphatic rings. The molecule has 1 N–H and O–H groups in total. The molecule has 0 fully saturated rings. The van der Waals surface area contributed by atoms with E-state index < -0.39 is 11.8 Å². The maximum absolute atomic E-state index is 12.0. The number of Topliss-reactive ketones (excluding diaryl/α,β-unsaturated/α-hetero) is 1. The molecule has 0 radical (unpaired) electrons. The van der Waals surface area contributed by atoms with E-state index in [1.165, 1.54) is 7.11 Å². The molecule has 1 heterocycles. The average molecular weight is 309 g/mol. The molecule has 0 amide bonds. The van der Waals surface area contributed by atoms with Crippen LogP contribution in [-0.2, 0) is 11.3 Å². The molecule has 0 saturated heterocycles. The summed E-state index contributed by atoms with van der Waals surface area (Å²) in [5.41, 5.74) is 1.96. The van der Waals surface area contributed by atoms with Gasteiger partial charge in [0.1, 0.15) is 5.75 Å². The Kier molecular flexibility index (Phi) is 3.85. The molecule has 0 atom stereocenters. The van der Waals surface area contributed by atoms with E-state index in [-0.39, 0.29) is 5.56 Å². The maximum atomic E-state index is 12.0. The van der Waals surface area contributed by atoms with Gasteiger partial charge in [0.15, 0.2) is 0 Å². The number of methoxy groups -OCH3 is 1. The van der Waals surface area contributed by atoms with E-state index in [4.69, 9.17) is 9.84 Å². The maximum Gasteiger partial charge on any atom is 0.377 e. The van der Waals surface area contributed by atoms with E-state index in [1.54, 1.807) is 12.3 Å². The summed E-state index contributed by atoms with van der Waals surface area (Å²) >= 11 is 0. The van der Waals surface area contributed by atoms with Crippen molar-refractivity contribution in [3.8, 4) is 5.75 Å². The number of carbonyl (C=O) groups is 2. The second kappa shape index (κ2) is 5.96. The average Bonchev–Trinajstić information content (AvgIpc) is 2.93. The molecule has 0 aliphatic carbocycles. The summed E-state index contributed by atoms with van der Waals surface area (Å²) in [4.78, 5) is 23.1. The second-order valence-electron chi connectivity index (χ2n) is 5.14. The number of ketones is 1. The van der Waals surface area contributed by atoms with Crippen LogP contribution in [0.15, 0.2) is 54.7 Å². The van der Waals surface area contributed by atoms with Gasteiger partial charge in [-0.05, 0) is 17.7 Å². The van der Waals surface area contributed by atoms with Crippen LogP contribution in [0.1, 0.15) is 15.9 Å². The molecule has 2 aromatic carbocycles. The van der Waals surface area contributed by atoms with Crippen LogP contribution in [0, 0.1) is 0 Å². The van der Waals surface area contributed by atoms with E-state index in [0.717, 1.165) is 11.1 Å². The Bertz CT molecular complexity index is 881. The van der Waals surface area contributed by atoms with Gasteiger partial charge < -0.3 is 14.4 Å². The summed E-state index contributed by atoms with van der Waals surface area (Å²) in [6.07, 6.45) is 1.58. The van der Waals surface area contributed by atoms with Gasteiger partial charge in [-0.25, -0.2) is 4.79 Å². The number of aliphatic carboxylic acids is 1. The van der Waals surface area contributed by atoms with Gasteiger partial charge >= 0.3 is 5.97 Å². The van der Waals surface area contributed by atoms with E-state index in [2.05, 4.69) is 0 Å². The number of fused-ring (bicyclic) bond motifs is 1. The molecule has 0 bridgehead atoms. The molecule has 23 heavy (non-hydrogen) atoms. The molecule has 0 spiro atoms. The topological polar surface area (TPSA) is 68.5 Å². The first-order chi connectivity index (χ1) is 11.1. The number of aromatic nitrogens is 1. The number of carboxylic acid groups (broad SMARTS) is 1. The lowest BCUT2D eigenvalue weighted by Gasteiger charge is -2.07. The third kappa shape index (κ3) is 2.68. The molecule has 0 saturated carbocycles. The summed E-state index contributed by atoms with van der Waals surface area (Å²) in [5, 5.41) is 9.58. The predicted octanol–water partition coefficient (Wildman–Crippen LogP) is 2.97. The van der Waals surface area contributed by atoms with Gasteiger partial charge in [-0.3, -0.25) is 4.79 Å². The zero-order chi connectivity index (χ0) is 16.4. The first-order valence-electron chi connectivity index (χ1n) is 7.09. The Balaban J connectivity index is 2.19. The van der Waals surface area contributed by atoms with E-state index in [9.17, 15) is 9.59 Å². The van der Waals surface area contributed by atoms with Gasteiger partial charge in [0, 0.05) is 12.7 Å². The normalized spacial score (nSPS) is 10.7. The number of ether oxygens (including phenoxy) is 1. The van der Waals surface area contributed by atoms with Gasteiger partial charge in [-0.1, -0.05) is 36.4 Å². The number of rotatable bonds is 5. The van der Waals surface area contributed by atoms with E-state index >= 15 is 0 Å². The van der Waals surface area contributed by atoms with Crippen LogP contribution in [-0.4, -0.2) is 28.5 Å². The number of carboxylic acids is 1. The number of carbonyl (C=O) groups excluding carboxylic acids is 1. The summed E-state index contributed by atoms with van der Waals surface area (Å²) in [7, 11) is 1.50. The second-order valence-corrected chi connectivity index (χ2v) is 5.14. The minimum Gasteiger partial charge on any atom is -0.496 e. The Labute approximate surface area is 132 Å². The lowest BCUT2D eigenvalue weighted by Crippen LogP contribution is -2.12. The lowest BCUT2D eigenvalue weighted by molar-refractivity contribution is -0.131. The summed E-state index contributed by atoms with van der Waals surface area (Å²) in [6.45, 7) is 0.539. The van der Waals surface area contributed by atoms with Crippen molar-refractivity contribution in [1.29, 1.82) is 0 Å². The Morgan fingerprint density at radius 2 is 1.83 bits per heavy atom. The Morgan fingerprint density at radius 3 is 2.48 bits per heavy atom. The van der Waals surface area contributed by atoms with Gasteiger partial charge in [-0.15, -0.1) is 0 Å². The molecular formula is C18H15NO4. The van der Waals surface area contributed by atoms with Crippen LogP contribution in [0.2, 0.25) is 0 Å². The third-order valence-electron chi connectivity index (χ3n) is 3.72. The summed E-state index contributed by atoms with van der Waals surface area (Å²) < 4.78 is 7.17. The summed E-state index contributed by atoms with van der Waals surface area (Å²) in [5.74, 6) is -1.93. The highest BCUT2D eigenvalue weighted by Crippen LogP contribution is 2.31. The van der Waals surface area contributed by atoms with Crippen LogP contribution in [0.5, 0.6) is 5.75 Å². The molecule has 3 aromatic rings. The predicted molar refractivity (Wildman–Crippen MR) is 86.0 cm³/mol. The Morgan fingerprint density at radius 1 is 1.09 bits per heavy atom. The quantitative estimate of drug-likeness (QED) is 0.581. The van der Waals surface area contributed by atoms with E-state index in [1.807, 2.05) is 47.0 Å². The van der Waals surface area contributed by atoms with Gasteiger partial charge in [0.2, 0.25) is 0 Å². The van der Waals surface area contributed by atoms with Crippen LogP contribution in [0.4, 0.5) is 0 Å². The van der Waals surface area contributed by atoms with E-state index in [0.29, 0.717) is 17.7 Å². The number of benzene rings is 2. The molecule has 1 aromatic heterocycles. The highest BCUT2D eigenvalue weighted by atomic mass is 16.5. The van der Waals surface area contributed by atoms with Crippen molar-refractivity contribution in [1.82, 2.24) is 4.57 Å². The van der Waals surface area contributed by atoms with Gasteiger partial charge in [0.25, 0.3) is 5.78 Å². The zero-order valence-corrected chi connectivity index (χ0v) is 12.5. The van der Waals surface area contributed by atoms with Crippen molar-refractivity contribution in [3.63, 3.8) is 0 Å². The molecule has 0 aliphatic heterocycles. The van der Waals surface area contributed by atoms with Crippen molar-refractivity contribution in [2.45, 2.75) is 6.54 Å². The standard InChI is InChI=1S/C18H15NO4/c1-23-15-9-5-8-14-16(15)13(17(20)18(21)22)11-19(14)10-12-6-3-2-4-7-12/h2-9,11H,10H2,1H3,(H,21,22). The van der Waals surface area contributed by atoms with Crippen LogP contribution in [0.25, 0.3) is 10.9 Å². The zero-order valence-electron chi connectivity index (χ0n) is 12.5. The fourth-order valence-electron chi connectivity index (χ4n) is 2.69.